The molecule has 0 fully saturated rings. The number of aromatic nitrogens is 2. The number of nitriles is 2. The quantitative estimate of drug-likeness (QED) is 0.179. The number of hydrogen-bond donors (Lipinski definition) is 0. The topological polar surface area (TPSA) is 57.4 Å². The fraction of sp³-hybridized carbons (Fsp3) is 0.0196. The molecule has 4 nitrogen and oxygen atoms in total. The summed E-state index contributed by atoms with van der Waals surface area (Å²) < 4.78 is 4.49. The first kappa shape index (κ1) is 32.0. The first-order valence-corrected chi connectivity index (χ1v) is 18.4. The summed E-state index contributed by atoms with van der Waals surface area (Å²) >= 11 is 0. The van der Waals surface area contributed by atoms with Crippen LogP contribution in [0.15, 0.2) is 176 Å². The maximum atomic E-state index is 11.4. The van der Waals surface area contributed by atoms with Gasteiger partial charge < -0.3 is 9.13 Å². The van der Waals surface area contributed by atoms with Gasteiger partial charge in [0, 0.05) is 27.1 Å². The number of fused-ring (bicyclic) bond motifs is 6. The summed E-state index contributed by atoms with van der Waals surface area (Å²) in [5, 5.41) is 25.8. The Balaban J connectivity index is 1.30. The molecule has 0 amide bonds. The molecule has 2 heterocycles. The van der Waals surface area contributed by atoms with Gasteiger partial charge in [-0.3, -0.25) is 0 Å². The molecule has 10 aromatic rings. The van der Waals surface area contributed by atoms with Crippen LogP contribution in [0.2, 0.25) is 0 Å². The van der Waals surface area contributed by atoms with Crippen LogP contribution in [0.3, 0.4) is 0 Å². The molecule has 0 aliphatic heterocycles. The Hall–Kier alpha value is -7.66. The van der Waals surface area contributed by atoms with Crippen LogP contribution in [-0.2, 0) is 0 Å². The van der Waals surface area contributed by atoms with Crippen molar-refractivity contribution in [3.63, 3.8) is 0 Å². The Morgan fingerprint density at radius 2 is 0.945 bits per heavy atom. The first-order chi connectivity index (χ1) is 27.1. The summed E-state index contributed by atoms with van der Waals surface area (Å²) in [6, 6.07) is 66.0. The number of benzene rings is 8. The average molecular weight is 701 g/mol. The average Bonchev–Trinajstić information content (AvgIpc) is 3.75. The van der Waals surface area contributed by atoms with Crippen LogP contribution >= 0.6 is 0 Å². The van der Waals surface area contributed by atoms with E-state index in [1.54, 1.807) is 0 Å². The Bertz CT molecular complexity index is 3220. The minimum Gasteiger partial charge on any atom is -0.308 e. The summed E-state index contributed by atoms with van der Waals surface area (Å²) in [6.45, 7) is 2.11. The van der Waals surface area contributed by atoms with Gasteiger partial charge in [0.2, 0.25) is 0 Å². The van der Waals surface area contributed by atoms with Crippen molar-refractivity contribution in [2.45, 2.75) is 6.92 Å². The minimum absolute atomic E-state index is 0.542. The lowest BCUT2D eigenvalue weighted by Crippen LogP contribution is -2.06. The lowest BCUT2D eigenvalue weighted by Gasteiger charge is -2.20. The summed E-state index contributed by atoms with van der Waals surface area (Å²) in [5.74, 6) is 0. The van der Waals surface area contributed by atoms with Crippen molar-refractivity contribution in [2.24, 2.45) is 0 Å². The molecular weight excluding hydrogens is 669 g/mol. The molecule has 0 saturated heterocycles. The SMILES string of the molecule is Cc1ccc(-c2ccc3c(c2)c2ccccc2n3-c2ccc(-c3cccc(C#N)c3)c(-n3c4ccccc4c4cc(-c5ccccc5)ccc43)c2C#N)cc1. The molecule has 0 N–H and O–H groups in total. The second kappa shape index (κ2) is 12.8. The van der Waals surface area contributed by atoms with Gasteiger partial charge in [0.05, 0.1) is 45.1 Å². The Labute approximate surface area is 318 Å². The van der Waals surface area contributed by atoms with Crippen molar-refractivity contribution < 1.29 is 0 Å². The highest BCUT2D eigenvalue weighted by atomic mass is 15.0. The predicted molar refractivity (Wildman–Crippen MR) is 226 cm³/mol. The van der Waals surface area contributed by atoms with Gasteiger partial charge in [-0.2, -0.15) is 10.5 Å². The lowest BCUT2D eigenvalue weighted by atomic mass is 9.96. The van der Waals surface area contributed by atoms with E-state index in [1.807, 2.05) is 30.3 Å². The number of rotatable bonds is 5. The van der Waals surface area contributed by atoms with Gasteiger partial charge in [0.1, 0.15) is 11.6 Å². The van der Waals surface area contributed by atoms with Crippen LogP contribution in [0, 0.1) is 29.6 Å². The molecule has 0 aliphatic carbocycles. The second-order valence-electron chi connectivity index (χ2n) is 14.1. The van der Waals surface area contributed by atoms with Gasteiger partial charge in [0.15, 0.2) is 0 Å². The van der Waals surface area contributed by atoms with Crippen molar-refractivity contribution in [1.82, 2.24) is 9.13 Å². The van der Waals surface area contributed by atoms with Gasteiger partial charge in [0.25, 0.3) is 0 Å². The number of para-hydroxylation sites is 2. The zero-order valence-corrected chi connectivity index (χ0v) is 30.0. The van der Waals surface area contributed by atoms with Crippen molar-refractivity contribution in [1.29, 1.82) is 10.5 Å². The zero-order chi connectivity index (χ0) is 37.0. The summed E-state index contributed by atoms with van der Waals surface area (Å²) in [7, 11) is 0. The van der Waals surface area contributed by atoms with Crippen molar-refractivity contribution in [3.05, 3.63) is 193 Å². The molecule has 4 heteroatoms. The summed E-state index contributed by atoms with van der Waals surface area (Å²) in [6.07, 6.45) is 0. The number of hydrogen-bond acceptors (Lipinski definition) is 2. The van der Waals surface area contributed by atoms with E-state index in [2.05, 4.69) is 174 Å². The van der Waals surface area contributed by atoms with E-state index in [0.29, 0.717) is 11.1 Å². The van der Waals surface area contributed by atoms with E-state index >= 15 is 0 Å². The molecule has 0 aliphatic rings. The van der Waals surface area contributed by atoms with Crippen LogP contribution in [0.4, 0.5) is 0 Å². The largest absolute Gasteiger partial charge is 0.308 e. The Morgan fingerprint density at radius 1 is 0.400 bits per heavy atom. The minimum atomic E-state index is 0.542. The van der Waals surface area contributed by atoms with E-state index in [9.17, 15) is 10.5 Å². The third-order valence-corrected chi connectivity index (χ3v) is 10.9. The second-order valence-corrected chi connectivity index (χ2v) is 14.1. The smallest absolute Gasteiger partial charge is 0.104 e. The fourth-order valence-corrected chi connectivity index (χ4v) is 8.28. The molecule has 256 valence electrons. The number of aryl methyl sites for hydroxylation is 1. The van der Waals surface area contributed by atoms with Crippen molar-refractivity contribution in [3.8, 4) is 56.9 Å². The van der Waals surface area contributed by atoms with E-state index < -0.39 is 0 Å². The molecular formula is C51H32N4. The molecule has 0 atom stereocenters. The third kappa shape index (κ3) is 5.12. The molecule has 0 bridgehead atoms. The molecule has 0 spiro atoms. The van der Waals surface area contributed by atoms with E-state index in [-0.39, 0.29) is 0 Å². The number of nitrogens with zero attached hydrogens (tertiary/aromatic N) is 4. The van der Waals surface area contributed by atoms with Gasteiger partial charge in [-0.05, 0) is 89.3 Å². The van der Waals surface area contributed by atoms with E-state index in [0.717, 1.165) is 88.4 Å². The predicted octanol–water partition coefficient (Wildman–Crippen LogP) is 12.9. The molecule has 55 heavy (non-hydrogen) atoms. The summed E-state index contributed by atoms with van der Waals surface area (Å²) in [5.41, 5.74) is 14.3. The highest BCUT2D eigenvalue weighted by molar-refractivity contribution is 6.13. The zero-order valence-electron chi connectivity index (χ0n) is 30.0. The van der Waals surface area contributed by atoms with Crippen LogP contribution in [0.25, 0.3) is 88.4 Å². The maximum Gasteiger partial charge on any atom is 0.104 e. The first-order valence-electron chi connectivity index (χ1n) is 18.4. The van der Waals surface area contributed by atoms with Gasteiger partial charge in [-0.15, -0.1) is 0 Å². The van der Waals surface area contributed by atoms with Crippen molar-refractivity contribution >= 4 is 43.6 Å². The molecule has 8 aromatic carbocycles. The lowest BCUT2D eigenvalue weighted by molar-refractivity contribution is 1.12. The van der Waals surface area contributed by atoms with Crippen molar-refractivity contribution in [2.75, 3.05) is 0 Å². The van der Waals surface area contributed by atoms with E-state index in [4.69, 9.17) is 0 Å². The van der Waals surface area contributed by atoms with Crippen LogP contribution in [-0.4, -0.2) is 9.13 Å². The maximum absolute atomic E-state index is 11.4. The Morgan fingerprint density at radius 3 is 1.60 bits per heavy atom. The highest BCUT2D eigenvalue weighted by Gasteiger charge is 2.24. The highest BCUT2D eigenvalue weighted by Crippen LogP contribution is 2.43. The Kier molecular flexibility index (Phi) is 7.44. The van der Waals surface area contributed by atoms with E-state index in [1.165, 1.54) is 5.56 Å². The van der Waals surface area contributed by atoms with Crippen LogP contribution < -0.4 is 0 Å². The molecule has 10 rings (SSSR count). The summed E-state index contributed by atoms with van der Waals surface area (Å²) in [4.78, 5) is 0. The van der Waals surface area contributed by atoms with Crippen LogP contribution in [0.1, 0.15) is 16.7 Å². The normalized spacial score (nSPS) is 11.3. The van der Waals surface area contributed by atoms with Gasteiger partial charge in [-0.1, -0.05) is 127 Å². The van der Waals surface area contributed by atoms with Gasteiger partial charge >= 0.3 is 0 Å². The molecule has 2 aromatic heterocycles. The molecule has 0 radical (unpaired) electrons. The fourth-order valence-electron chi connectivity index (χ4n) is 8.28. The van der Waals surface area contributed by atoms with Gasteiger partial charge in [-0.25, -0.2) is 0 Å². The molecule has 0 unspecified atom stereocenters. The molecule has 0 saturated carbocycles. The standard InChI is InChI=1S/C51H32N4/c1-33-18-20-36(21-19-33)38-22-25-48-43(30-38)41-14-5-7-16-46(41)54(48)50-27-24-40(39-13-9-10-34(28-39)31-52)51(45(50)32-53)55-47-17-8-6-15-42(47)44-29-37(23-26-49(44)55)35-11-3-2-4-12-35/h2-30H,1H3. The van der Waals surface area contributed by atoms with Crippen LogP contribution in [0.5, 0.6) is 0 Å². The third-order valence-electron chi connectivity index (χ3n) is 10.9. The monoisotopic (exact) mass is 700 g/mol.